The van der Waals surface area contributed by atoms with Gasteiger partial charge in [-0.1, -0.05) is 18.2 Å². The fourth-order valence-electron chi connectivity index (χ4n) is 2.53. The van der Waals surface area contributed by atoms with Crippen LogP contribution in [-0.4, -0.2) is 25.0 Å². The summed E-state index contributed by atoms with van der Waals surface area (Å²) in [5.74, 6) is 0.349. The van der Waals surface area contributed by atoms with Gasteiger partial charge < -0.3 is 10.1 Å². The van der Waals surface area contributed by atoms with E-state index in [1.54, 1.807) is 17.4 Å². The molecule has 5 nitrogen and oxygen atoms in total. The van der Waals surface area contributed by atoms with Crippen LogP contribution < -0.4 is 15.0 Å². The van der Waals surface area contributed by atoms with Crippen LogP contribution in [0, 0.1) is 0 Å². The van der Waals surface area contributed by atoms with Gasteiger partial charge in [0.2, 0.25) is 11.8 Å². The van der Waals surface area contributed by atoms with Gasteiger partial charge in [-0.05, 0) is 30.5 Å². The number of para-hydroxylation sites is 2. The third kappa shape index (κ3) is 3.53. The molecular formula is C17H18N2O3S. The van der Waals surface area contributed by atoms with Gasteiger partial charge in [0.1, 0.15) is 12.3 Å². The lowest BCUT2D eigenvalue weighted by molar-refractivity contribution is -0.124. The summed E-state index contributed by atoms with van der Waals surface area (Å²) in [4.78, 5) is 27.2. The quantitative estimate of drug-likeness (QED) is 0.938. The van der Waals surface area contributed by atoms with Crippen LogP contribution in [0.5, 0.6) is 5.75 Å². The Bertz CT molecular complexity index is 700. The van der Waals surface area contributed by atoms with Crippen molar-refractivity contribution < 1.29 is 14.3 Å². The van der Waals surface area contributed by atoms with Gasteiger partial charge >= 0.3 is 0 Å². The highest BCUT2D eigenvalue weighted by Gasteiger charge is 2.25. The number of hydrogen-bond acceptors (Lipinski definition) is 4. The van der Waals surface area contributed by atoms with E-state index >= 15 is 0 Å². The fourth-order valence-corrected chi connectivity index (χ4v) is 3.27. The molecule has 1 aliphatic rings. The van der Waals surface area contributed by atoms with Crippen molar-refractivity contribution in [2.45, 2.75) is 19.4 Å². The minimum absolute atomic E-state index is 0.00504. The average Bonchev–Trinajstić information content (AvgIpc) is 3.03. The summed E-state index contributed by atoms with van der Waals surface area (Å²) in [5, 5.41) is 4.91. The average molecular weight is 330 g/mol. The number of fused-ring (bicyclic) bond motifs is 1. The molecule has 0 aliphatic carbocycles. The summed E-state index contributed by atoms with van der Waals surface area (Å²) in [5.41, 5.74) is 0.647. The molecule has 1 atom stereocenters. The molecule has 0 saturated carbocycles. The highest BCUT2D eigenvalue weighted by atomic mass is 32.1. The number of thiophene rings is 1. The van der Waals surface area contributed by atoms with Crippen molar-refractivity contribution in [2.24, 2.45) is 0 Å². The molecule has 0 unspecified atom stereocenters. The minimum atomic E-state index is -0.184. The SMILES string of the molecule is C[C@H](NC(=O)CN1C(=O)CCOc2ccccc21)c1cccs1. The molecule has 23 heavy (non-hydrogen) atoms. The first-order valence-electron chi connectivity index (χ1n) is 7.50. The molecule has 120 valence electrons. The number of carbonyl (C=O) groups excluding carboxylic acids is 2. The molecule has 2 amide bonds. The van der Waals surface area contributed by atoms with Crippen molar-refractivity contribution in [1.82, 2.24) is 5.32 Å². The van der Waals surface area contributed by atoms with E-state index in [0.717, 1.165) is 4.88 Å². The lowest BCUT2D eigenvalue weighted by Gasteiger charge is -2.22. The Kier molecular flexibility index (Phi) is 4.62. The van der Waals surface area contributed by atoms with E-state index in [4.69, 9.17) is 4.74 Å². The zero-order valence-corrected chi connectivity index (χ0v) is 13.6. The second kappa shape index (κ2) is 6.83. The van der Waals surface area contributed by atoms with Gasteiger partial charge in [-0.3, -0.25) is 14.5 Å². The molecule has 1 aromatic carbocycles. The van der Waals surface area contributed by atoms with Crippen molar-refractivity contribution in [3.63, 3.8) is 0 Å². The zero-order valence-electron chi connectivity index (χ0n) is 12.8. The maximum absolute atomic E-state index is 12.3. The van der Waals surface area contributed by atoms with Gasteiger partial charge in [-0.25, -0.2) is 0 Å². The molecule has 2 heterocycles. The number of carbonyl (C=O) groups is 2. The van der Waals surface area contributed by atoms with Crippen molar-refractivity contribution >= 4 is 28.8 Å². The predicted molar refractivity (Wildman–Crippen MR) is 89.8 cm³/mol. The minimum Gasteiger partial charge on any atom is -0.491 e. The van der Waals surface area contributed by atoms with Crippen molar-refractivity contribution in [3.8, 4) is 5.75 Å². The lowest BCUT2D eigenvalue weighted by Crippen LogP contribution is -2.41. The van der Waals surface area contributed by atoms with Gasteiger partial charge in [-0.15, -0.1) is 11.3 Å². The topological polar surface area (TPSA) is 58.6 Å². The van der Waals surface area contributed by atoms with E-state index in [9.17, 15) is 9.59 Å². The van der Waals surface area contributed by atoms with E-state index in [-0.39, 0.29) is 30.8 Å². The second-order valence-corrected chi connectivity index (χ2v) is 6.33. The summed E-state index contributed by atoms with van der Waals surface area (Å²) in [6, 6.07) is 11.2. The van der Waals surface area contributed by atoms with E-state index in [1.165, 1.54) is 4.90 Å². The summed E-state index contributed by atoms with van der Waals surface area (Å²) in [6.07, 6.45) is 0.266. The molecule has 0 bridgehead atoms. The van der Waals surface area contributed by atoms with Gasteiger partial charge in [-0.2, -0.15) is 0 Å². The van der Waals surface area contributed by atoms with Crippen LogP contribution in [0.1, 0.15) is 24.3 Å². The van der Waals surface area contributed by atoms with Crippen LogP contribution in [0.25, 0.3) is 0 Å². The zero-order chi connectivity index (χ0) is 16.2. The van der Waals surface area contributed by atoms with Gasteiger partial charge in [0.05, 0.1) is 24.8 Å². The maximum Gasteiger partial charge on any atom is 0.240 e. The first-order valence-corrected chi connectivity index (χ1v) is 8.38. The number of anilines is 1. The monoisotopic (exact) mass is 330 g/mol. The highest BCUT2D eigenvalue weighted by molar-refractivity contribution is 7.10. The second-order valence-electron chi connectivity index (χ2n) is 5.35. The molecule has 1 aromatic heterocycles. The Morgan fingerprint density at radius 1 is 1.35 bits per heavy atom. The van der Waals surface area contributed by atoms with Gasteiger partial charge in [0.25, 0.3) is 0 Å². The molecule has 2 aromatic rings. The smallest absolute Gasteiger partial charge is 0.240 e. The number of benzene rings is 1. The first kappa shape index (κ1) is 15.6. The van der Waals surface area contributed by atoms with Crippen molar-refractivity contribution in [2.75, 3.05) is 18.1 Å². The Morgan fingerprint density at radius 3 is 2.96 bits per heavy atom. The maximum atomic E-state index is 12.3. The Balaban J connectivity index is 1.73. The van der Waals surface area contributed by atoms with E-state index in [1.807, 2.05) is 42.6 Å². The number of rotatable bonds is 4. The number of ether oxygens (including phenoxy) is 1. The third-order valence-electron chi connectivity index (χ3n) is 3.68. The fraction of sp³-hybridized carbons (Fsp3) is 0.294. The van der Waals surface area contributed by atoms with Crippen LogP contribution in [0.4, 0.5) is 5.69 Å². The third-order valence-corrected chi connectivity index (χ3v) is 4.73. The first-order chi connectivity index (χ1) is 11.1. The van der Waals surface area contributed by atoms with Gasteiger partial charge in [0, 0.05) is 4.88 Å². The molecule has 3 rings (SSSR count). The Morgan fingerprint density at radius 2 is 2.17 bits per heavy atom. The molecule has 0 fully saturated rings. The largest absolute Gasteiger partial charge is 0.491 e. The van der Waals surface area contributed by atoms with E-state index < -0.39 is 0 Å². The highest BCUT2D eigenvalue weighted by Crippen LogP contribution is 2.30. The van der Waals surface area contributed by atoms with E-state index in [0.29, 0.717) is 18.0 Å². The summed E-state index contributed by atoms with van der Waals surface area (Å²) in [6.45, 7) is 2.26. The van der Waals surface area contributed by atoms with Crippen LogP contribution in [0.2, 0.25) is 0 Å². The van der Waals surface area contributed by atoms with Crippen LogP contribution in [-0.2, 0) is 9.59 Å². The molecular weight excluding hydrogens is 312 g/mol. The molecule has 0 spiro atoms. The van der Waals surface area contributed by atoms with Crippen LogP contribution in [0.15, 0.2) is 41.8 Å². The normalized spacial score (nSPS) is 15.3. The number of amides is 2. The van der Waals surface area contributed by atoms with Crippen LogP contribution in [0.3, 0.4) is 0 Å². The number of hydrogen-bond donors (Lipinski definition) is 1. The number of nitrogens with one attached hydrogen (secondary N) is 1. The lowest BCUT2D eigenvalue weighted by atomic mass is 10.2. The summed E-state index contributed by atoms with van der Waals surface area (Å²) in [7, 11) is 0. The molecule has 1 N–H and O–H groups in total. The summed E-state index contributed by atoms with van der Waals surface area (Å²) < 4.78 is 5.58. The molecule has 0 radical (unpaired) electrons. The summed E-state index contributed by atoms with van der Waals surface area (Å²) >= 11 is 1.60. The van der Waals surface area contributed by atoms with Crippen molar-refractivity contribution in [1.29, 1.82) is 0 Å². The van der Waals surface area contributed by atoms with Crippen LogP contribution >= 0.6 is 11.3 Å². The predicted octanol–water partition coefficient (Wildman–Crippen LogP) is 2.74. The molecule has 6 heteroatoms. The van der Waals surface area contributed by atoms with E-state index in [2.05, 4.69) is 5.32 Å². The number of nitrogens with zero attached hydrogens (tertiary/aromatic N) is 1. The Hall–Kier alpha value is -2.34. The molecule has 1 aliphatic heterocycles. The van der Waals surface area contributed by atoms with Crippen molar-refractivity contribution in [3.05, 3.63) is 46.7 Å². The standard InChI is InChI=1S/C17H18N2O3S/c1-12(15-7-4-10-23-15)18-16(20)11-19-13-5-2-3-6-14(13)22-9-8-17(19)21/h2-7,10,12H,8-9,11H2,1H3,(H,18,20)/t12-/m0/s1. The molecule has 0 saturated heterocycles. The van der Waals surface area contributed by atoms with Gasteiger partial charge in [0.15, 0.2) is 0 Å². The Labute approximate surface area is 138 Å².